The number of amides is 1. The van der Waals surface area contributed by atoms with Gasteiger partial charge < -0.3 is 0 Å². The smallest absolute Gasteiger partial charge is 0.295 e. The van der Waals surface area contributed by atoms with Gasteiger partial charge in [0, 0.05) is 5.57 Å². The predicted molar refractivity (Wildman–Crippen MR) is 87.3 cm³/mol. The largest absolute Gasteiger partial charge is 0.300 e. The minimum absolute atomic E-state index is 0.219. The van der Waals surface area contributed by atoms with Crippen molar-refractivity contribution in [2.45, 2.75) is 13.0 Å². The Morgan fingerprint density at radius 2 is 1.61 bits per heavy atom. The quantitative estimate of drug-likeness (QED) is 0.644. The number of benzene rings is 2. The highest BCUT2D eigenvalue weighted by Crippen LogP contribution is 2.39. The van der Waals surface area contributed by atoms with E-state index in [4.69, 9.17) is 0 Å². The molecule has 1 heterocycles. The van der Waals surface area contributed by atoms with Gasteiger partial charge in [0.25, 0.3) is 11.7 Å². The molecule has 0 N–H and O–H groups in total. The van der Waals surface area contributed by atoms with Crippen LogP contribution in [-0.2, 0) is 9.59 Å². The molecule has 0 unspecified atom stereocenters. The summed E-state index contributed by atoms with van der Waals surface area (Å²) in [5.41, 5.74) is 1.88. The van der Waals surface area contributed by atoms with Gasteiger partial charge in [0.15, 0.2) is 5.78 Å². The lowest BCUT2D eigenvalue weighted by Gasteiger charge is -2.29. The number of hydrogen-bond donors (Lipinski definition) is 0. The zero-order chi connectivity index (χ0) is 16.6. The van der Waals surface area contributed by atoms with Crippen LogP contribution in [0.15, 0.2) is 66.7 Å². The number of fused-ring (bicyclic) bond motifs is 1. The molecule has 2 aromatic carbocycles. The maximum Gasteiger partial charge on any atom is 0.300 e. The summed E-state index contributed by atoms with van der Waals surface area (Å²) >= 11 is 0. The highest BCUT2D eigenvalue weighted by molar-refractivity contribution is 6.52. The van der Waals surface area contributed by atoms with Gasteiger partial charge in [0.05, 0.1) is 17.3 Å². The van der Waals surface area contributed by atoms with E-state index < -0.39 is 17.7 Å². The van der Waals surface area contributed by atoms with Crippen LogP contribution in [0.1, 0.15) is 28.9 Å². The van der Waals surface area contributed by atoms with Crippen LogP contribution in [0, 0.1) is 0 Å². The van der Waals surface area contributed by atoms with E-state index in [-0.39, 0.29) is 11.4 Å². The van der Waals surface area contributed by atoms with Crippen molar-refractivity contribution in [3.8, 4) is 0 Å². The number of hydrogen-bond acceptors (Lipinski definition) is 3. The molecule has 0 fully saturated rings. The lowest BCUT2D eigenvalue weighted by Crippen LogP contribution is -2.36. The molecule has 0 aromatic heterocycles. The zero-order valence-electron chi connectivity index (χ0n) is 12.7. The molecule has 2 aromatic rings. The van der Waals surface area contributed by atoms with Crippen molar-refractivity contribution in [2.75, 3.05) is 4.90 Å². The number of rotatable bonds is 4. The topological polar surface area (TPSA) is 54.5 Å². The van der Waals surface area contributed by atoms with Crippen molar-refractivity contribution < 1.29 is 14.4 Å². The van der Waals surface area contributed by atoms with E-state index in [2.05, 4.69) is 6.58 Å². The van der Waals surface area contributed by atoms with E-state index in [0.717, 1.165) is 5.56 Å². The average Bonchev–Trinajstić information content (AvgIpc) is 2.81. The molecular weight excluding hydrogens is 290 g/mol. The first kappa shape index (κ1) is 14.9. The zero-order valence-corrected chi connectivity index (χ0v) is 12.7. The minimum atomic E-state index is -0.686. The fourth-order valence-electron chi connectivity index (χ4n) is 2.80. The van der Waals surface area contributed by atoms with Crippen LogP contribution < -0.4 is 4.90 Å². The Labute approximate surface area is 134 Å². The second kappa shape index (κ2) is 5.65. The molecule has 0 radical (unpaired) electrons. The Balaban J connectivity index is 2.18. The van der Waals surface area contributed by atoms with Crippen molar-refractivity contribution in [3.63, 3.8) is 0 Å². The summed E-state index contributed by atoms with van der Waals surface area (Å²) in [6.45, 7) is 5.26. The minimum Gasteiger partial charge on any atom is -0.295 e. The molecule has 1 aliphatic rings. The molecule has 23 heavy (non-hydrogen) atoms. The van der Waals surface area contributed by atoms with Gasteiger partial charge in [-0.3, -0.25) is 19.3 Å². The van der Waals surface area contributed by atoms with Crippen LogP contribution in [0.3, 0.4) is 0 Å². The number of carbonyl (C=O) groups excluding carboxylic acids is 3. The predicted octanol–water partition coefficient (Wildman–Crippen LogP) is 3.10. The first-order valence-electron chi connectivity index (χ1n) is 7.24. The van der Waals surface area contributed by atoms with Gasteiger partial charge >= 0.3 is 0 Å². The third kappa shape index (κ3) is 2.38. The number of para-hydroxylation sites is 1. The van der Waals surface area contributed by atoms with Crippen molar-refractivity contribution >= 4 is 23.2 Å². The Morgan fingerprint density at radius 3 is 2.26 bits per heavy atom. The van der Waals surface area contributed by atoms with E-state index in [1.165, 1.54) is 11.8 Å². The summed E-state index contributed by atoms with van der Waals surface area (Å²) in [5.74, 6) is -1.41. The van der Waals surface area contributed by atoms with Gasteiger partial charge in [-0.15, -0.1) is 0 Å². The lowest BCUT2D eigenvalue weighted by atomic mass is 9.95. The molecule has 1 amide bonds. The summed E-state index contributed by atoms with van der Waals surface area (Å²) in [4.78, 5) is 38.0. The third-order valence-electron chi connectivity index (χ3n) is 3.98. The standard InChI is InChI=1S/C19H15NO3/c1-12(13(2)21)17(14-8-4-3-5-9-14)20-16-11-7-6-10-15(16)18(22)19(20)23/h3-11,17H,1H2,2H3/t17-/m1/s1. The molecule has 1 aliphatic heterocycles. The van der Waals surface area contributed by atoms with E-state index >= 15 is 0 Å². The van der Waals surface area contributed by atoms with E-state index in [1.807, 2.05) is 30.3 Å². The fourth-order valence-corrected chi connectivity index (χ4v) is 2.80. The molecule has 0 saturated carbocycles. The van der Waals surface area contributed by atoms with Crippen molar-refractivity contribution in [3.05, 3.63) is 77.9 Å². The van der Waals surface area contributed by atoms with Gasteiger partial charge in [-0.25, -0.2) is 0 Å². The molecule has 4 nitrogen and oxygen atoms in total. The number of nitrogens with zero attached hydrogens (tertiary/aromatic N) is 1. The fraction of sp³-hybridized carbons (Fsp3) is 0.105. The first-order valence-corrected chi connectivity index (χ1v) is 7.24. The average molecular weight is 305 g/mol. The number of ketones is 2. The molecule has 4 heteroatoms. The molecule has 3 rings (SSSR count). The van der Waals surface area contributed by atoms with Crippen LogP contribution in [0.5, 0.6) is 0 Å². The maximum absolute atomic E-state index is 12.5. The maximum atomic E-state index is 12.5. The van der Waals surface area contributed by atoms with Gasteiger partial charge in [0.1, 0.15) is 0 Å². The van der Waals surface area contributed by atoms with E-state index in [9.17, 15) is 14.4 Å². The third-order valence-corrected chi connectivity index (χ3v) is 3.98. The first-order chi connectivity index (χ1) is 11.0. The van der Waals surface area contributed by atoms with Gasteiger partial charge in [-0.05, 0) is 24.6 Å². The Morgan fingerprint density at radius 1 is 1.00 bits per heavy atom. The molecular formula is C19H15NO3. The second-order valence-corrected chi connectivity index (χ2v) is 5.42. The number of carbonyl (C=O) groups is 3. The Kier molecular flexibility index (Phi) is 3.66. The molecule has 0 saturated heterocycles. The Bertz CT molecular complexity index is 824. The Hall–Kier alpha value is -3.01. The van der Waals surface area contributed by atoms with Crippen LogP contribution in [-0.4, -0.2) is 17.5 Å². The molecule has 114 valence electrons. The number of Topliss-reactive ketones (excluding diaryl/α,β-unsaturated/α-hetero) is 2. The molecule has 0 spiro atoms. The van der Waals surface area contributed by atoms with Crippen LogP contribution in [0.4, 0.5) is 5.69 Å². The molecule has 0 bridgehead atoms. The van der Waals surface area contributed by atoms with Crippen LogP contribution >= 0.6 is 0 Å². The normalized spacial score (nSPS) is 14.6. The summed E-state index contributed by atoms with van der Waals surface area (Å²) in [6.07, 6.45) is 0. The molecule has 1 atom stereocenters. The summed E-state index contributed by atoms with van der Waals surface area (Å²) < 4.78 is 0. The second-order valence-electron chi connectivity index (χ2n) is 5.42. The van der Waals surface area contributed by atoms with Gasteiger partial charge in [0.2, 0.25) is 0 Å². The van der Waals surface area contributed by atoms with Gasteiger partial charge in [-0.2, -0.15) is 0 Å². The number of anilines is 1. The van der Waals surface area contributed by atoms with Crippen LogP contribution in [0.2, 0.25) is 0 Å². The lowest BCUT2D eigenvalue weighted by molar-refractivity contribution is -0.115. The van der Waals surface area contributed by atoms with Crippen molar-refractivity contribution in [1.29, 1.82) is 0 Å². The summed E-state index contributed by atoms with van der Waals surface area (Å²) in [7, 11) is 0. The monoisotopic (exact) mass is 305 g/mol. The highest BCUT2D eigenvalue weighted by atomic mass is 16.2. The molecule has 0 aliphatic carbocycles. The highest BCUT2D eigenvalue weighted by Gasteiger charge is 2.41. The van der Waals surface area contributed by atoms with E-state index in [0.29, 0.717) is 11.3 Å². The SMILES string of the molecule is C=C(C(C)=O)[C@H](c1ccccc1)N1C(=O)C(=O)c2ccccc21. The van der Waals surface area contributed by atoms with E-state index in [1.54, 1.807) is 24.3 Å². The van der Waals surface area contributed by atoms with Crippen molar-refractivity contribution in [2.24, 2.45) is 0 Å². The summed E-state index contributed by atoms with van der Waals surface area (Å²) in [6, 6.07) is 15.2. The van der Waals surface area contributed by atoms with Crippen LogP contribution in [0.25, 0.3) is 0 Å². The summed E-state index contributed by atoms with van der Waals surface area (Å²) in [5, 5.41) is 0. The van der Waals surface area contributed by atoms with Crippen molar-refractivity contribution in [1.82, 2.24) is 0 Å². The van der Waals surface area contributed by atoms with Gasteiger partial charge in [-0.1, -0.05) is 49.0 Å².